The molecule has 0 saturated carbocycles. The Morgan fingerprint density at radius 2 is 1.82 bits per heavy atom. The summed E-state index contributed by atoms with van der Waals surface area (Å²) < 4.78 is 0. The van der Waals surface area contributed by atoms with Gasteiger partial charge in [-0.15, -0.1) is 0 Å². The molecule has 0 heterocycles. The molecule has 3 N–H and O–H groups in total. The third-order valence-corrected chi connectivity index (χ3v) is 2.23. The van der Waals surface area contributed by atoms with Gasteiger partial charge in [0.15, 0.2) is 5.78 Å². The van der Waals surface area contributed by atoms with Crippen LogP contribution in [0.2, 0.25) is 0 Å². The Morgan fingerprint density at radius 1 is 1.24 bits per heavy atom. The second-order valence-electron chi connectivity index (χ2n) is 3.26. The molecule has 0 saturated heterocycles. The summed E-state index contributed by atoms with van der Waals surface area (Å²) in [5.41, 5.74) is -0.113. The Bertz CT molecular complexity index is 451. The lowest BCUT2D eigenvalue weighted by Crippen LogP contribution is -2.23. The van der Waals surface area contributed by atoms with Crippen LogP contribution in [-0.4, -0.2) is 35.6 Å². The van der Waals surface area contributed by atoms with E-state index >= 15 is 0 Å². The number of carboxylic acids is 1. The number of hydrogen-bond donors (Lipinski definition) is 3. The number of nitrogens with one attached hydrogen (secondary N) is 1. The van der Waals surface area contributed by atoms with Crippen LogP contribution < -0.4 is 5.32 Å². The molecule has 0 unspecified atom stereocenters. The van der Waals surface area contributed by atoms with E-state index in [-0.39, 0.29) is 11.3 Å². The molecule has 5 heteroatoms. The molecule has 0 aliphatic rings. The van der Waals surface area contributed by atoms with Crippen molar-refractivity contribution in [3.63, 3.8) is 0 Å². The highest BCUT2D eigenvalue weighted by atomic mass is 16.4. The normalized spacial score (nSPS) is 11.6. The maximum absolute atomic E-state index is 12.0. The summed E-state index contributed by atoms with van der Waals surface area (Å²) in [6.07, 6.45) is 0. The van der Waals surface area contributed by atoms with Crippen molar-refractivity contribution in [2.75, 3.05) is 13.7 Å². The summed E-state index contributed by atoms with van der Waals surface area (Å²) >= 11 is 0. The molecule has 1 rings (SSSR count). The van der Waals surface area contributed by atoms with E-state index < -0.39 is 18.4 Å². The zero-order chi connectivity index (χ0) is 12.8. The summed E-state index contributed by atoms with van der Waals surface area (Å²) in [6.45, 7) is -0.629. The lowest BCUT2D eigenvalue weighted by atomic mass is 10.0. The zero-order valence-electron chi connectivity index (χ0n) is 9.30. The molecule has 0 amide bonds. The minimum Gasteiger partial charge on any atom is -0.477 e. The predicted octanol–water partition coefficient (Wildman–Crippen LogP) is 0.420. The number of aliphatic carboxylic acids is 1. The van der Waals surface area contributed by atoms with Crippen LogP contribution in [0.15, 0.2) is 41.6 Å². The molecule has 0 fully saturated rings. The Morgan fingerprint density at radius 3 is 2.24 bits per heavy atom. The number of aliphatic hydroxyl groups excluding tert-OH is 1. The molecule has 0 aliphatic heterocycles. The van der Waals surface area contributed by atoms with E-state index in [1.807, 2.05) is 0 Å². The summed E-state index contributed by atoms with van der Waals surface area (Å²) in [7, 11) is 1.39. The summed E-state index contributed by atoms with van der Waals surface area (Å²) in [5, 5.41) is 20.4. The number of carbonyl (C=O) groups excluding carboxylic acids is 1. The number of carbonyl (C=O) groups is 2. The zero-order valence-corrected chi connectivity index (χ0v) is 9.30. The van der Waals surface area contributed by atoms with Crippen LogP contribution in [0.25, 0.3) is 0 Å². The van der Waals surface area contributed by atoms with Crippen molar-refractivity contribution in [2.45, 2.75) is 0 Å². The maximum Gasteiger partial charge on any atom is 0.352 e. The third-order valence-electron chi connectivity index (χ3n) is 2.23. The van der Waals surface area contributed by atoms with Gasteiger partial charge in [0.1, 0.15) is 5.70 Å². The molecular formula is C12H13NO4. The van der Waals surface area contributed by atoms with Crippen molar-refractivity contribution in [3.05, 3.63) is 47.2 Å². The average molecular weight is 235 g/mol. The molecule has 1 aromatic carbocycles. The van der Waals surface area contributed by atoms with Gasteiger partial charge in [0.05, 0.1) is 12.2 Å². The molecule has 0 atom stereocenters. The minimum absolute atomic E-state index is 0.161. The first-order valence-corrected chi connectivity index (χ1v) is 4.96. The Kier molecular flexibility index (Phi) is 4.42. The smallest absolute Gasteiger partial charge is 0.352 e. The fourth-order valence-electron chi connectivity index (χ4n) is 1.42. The molecule has 0 radical (unpaired) electrons. The Hall–Kier alpha value is -2.14. The number of hydrogen-bond acceptors (Lipinski definition) is 4. The topological polar surface area (TPSA) is 86.6 Å². The highest BCUT2D eigenvalue weighted by Gasteiger charge is 2.19. The van der Waals surface area contributed by atoms with Crippen molar-refractivity contribution in [1.82, 2.24) is 5.32 Å². The minimum atomic E-state index is -1.28. The number of carboxylic acid groups (broad SMARTS) is 1. The van der Waals surface area contributed by atoms with Crippen molar-refractivity contribution < 1.29 is 19.8 Å². The number of benzene rings is 1. The SMILES string of the molecule is CN/C(C(=O)O)=C(\CO)C(=O)c1ccccc1. The maximum atomic E-state index is 12.0. The highest BCUT2D eigenvalue weighted by Crippen LogP contribution is 2.11. The largest absolute Gasteiger partial charge is 0.477 e. The molecule has 5 nitrogen and oxygen atoms in total. The van der Waals surface area contributed by atoms with E-state index in [1.165, 1.54) is 7.05 Å². The van der Waals surface area contributed by atoms with Gasteiger partial charge in [-0.3, -0.25) is 4.79 Å². The number of Topliss-reactive ketones (excluding diaryl/α,β-unsaturated/α-hetero) is 1. The van der Waals surface area contributed by atoms with Gasteiger partial charge in [-0.1, -0.05) is 30.3 Å². The van der Waals surface area contributed by atoms with Crippen LogP contribution in [0.1, 0.15) is 10.4 Å². The Balaban J connectivity index is 3.20. The van der Waals surface area contributed by atoms with Crippen LogP contribution in [-0.2, 0) is 4.79 Å². The molecule has 17 heavy (non-hydrogen) atoms. The van der Waals surface area contributed by atoms with Crippen LogP contribution in [0, 0.1) is 0 Å². The highest BCUT2D eigenvalue weighted by molar-refractivity contribution is 6.12. The molecule has 1 aromatic rings. The van der Waals surface area contributed by atoms with Gasteiger partial charge < -0.3 is 15.5 Å². The fourth-order valence-corrected chi connectivity index (χ4v) is 1.42. The van der Waals surface area contributed by atoms with Crippen LogP contribution in [0.3, 0.4) is 0 Å². The van der Waals surface area contributed by atoms with Gasteiger partial charge in [0, 0.05) is 12.6 Å². The first kappa shape index (κ1) is 12.9. The number of ketones is 1. The molecule has 0 bridgehead atoms. The van der Waals surface area contributed by atoms with E-state index in [0.717, 1.165) is 0 Å². The van der Waals surface area contributed by atoms with Crippen molar-refractivity contribution >= 4 is 11.8 Å². The second-order valence-corrected chi connectivity index (χ2v) is 3.26. The predicted molar refractivity (Wildman–Crippen MR) is 61.6 cm³/mol. The monoisotopic (exact) mass is 235 g/mol. The summed E-state index contributed by atoms with van der Waals surface area (Å²) in [4.78, 5) is 22.8. The van der Waals surface area contributed by atoms with Crippen molar-refractivity contribution in [2.24, 2.45) is 0 Å². The lowest BCUT2D eigenvalue weighted by molar-refractivity contribution is -0.133. The molecule has 0 aliphatic carbocycles. The van der Waals surface area contributed by atoms with E-state index in [4.69, 9.17) is 10.2 Å². The number of rotatable bonds is 5. The lowest BCUT2D eigenvalue weighted by Gasteiger charge is -2.08. The standard InChI is InChI=1S/C12H13NO4/c1-13-10(12(16)17)9(7-14)11(15)8-5-3-2-4-6-8/h2-6,13-14H,7H2,1H3,(H,16,17)/b10-9+. The van der Waals surface area contributed by atoms with Crippen LogP contribution in [0.5, 0.6) is 0 Å². The molecule has 0 spiro atoms. The molecule has 90 valence electrons. The number of likely N-dealkylation sites (N-methyl/N-ethyl adjacent to an activating group) is 1. The fraction of sp³-hybridized carbons (Fsp3) is 0.167. The van der Waals surface area contributed by atoms with Crippen molar-refractivity contribution in [1.29, 1.82) is 0 Å². The van der Waals surface area contributed by atoms with Crippen LogP contribution in [0.4, 0.5) is 0 Å². The Labute approximate surface area is 98.4 Å². The van der Waals surface area contributed by atoms with Gasteiger partial charge in [0.25, 0.3) is 0 Å². The van der Waals surface area contributed by atoms with Gasteiger partial charge in [-0.2, -0.15) is 0 Å². The first-order valence-electron chi connectivity index (χ1n) is 4.96. The van der Waals surface area contributed by atoms with Crippen molar-refractivity contribution in [3.8, 4) is 0 Å². The third kappa shape index (κ3) is 2.92. The van der Waals surface area contributed by atoms with Gasteiger partial charge >= 0.3 is 5.97 Å². The number of aliphatic hydroxyl groups is 1. The summed E-state index contributed by atoms with van der Waals surface area (Å²) in [6, 6.07) is 8.21. The quantitative estimate of drug-likeness (QED) is 0.508. The second kappa shape index (κ2) is 5.81. The van der Waals surface area contributed by atoms with Gasteiger partial charge in [-0.05, 0) is 0 Å². The summed E-state index contributed by atoms with van der Waals surface area (Å²) in [5.74, 6) is -1.78. The van der Waals surface area contributed by atoms with E-state index in [9.17, 15) is 9.59 Å². The molecular weight excluding hydrogens is 222 g/mol. The van der Waals surface area contributed by atoms with Crippen LogP contribution >= 0.6 is 0 Å². The van der Waals surface area contributed by atoms with E-state index in [2.05, 4.69) is 5.32 Å². The average Bonchev–Trinajstić information content (AvgIpc) is 2.35. The van der Waals surface area contributed by atoms with E-state index in [0.29, 0.717) is 5.56 Å². The van der Waals surface area contributed by atoms with Gasteiger partial charge in [-0.25, -0.2) is 4.79 Å². The van der Waals surface area contributed by atoms with Gasteiger partial charge in [0.2, 0.25) is 0 Å². The molecule has 0 aromatic heterocycles. The van der Waals surface area contributed by atoms with E-state index in [1.54, 1.807) is 30.3 Å². The first-order chi connectivity index (χ1) is 8.11.